The third-order valence-corrected chi connectivity index (χ3v) is 5.49. The van der Waals surface area contributed by atoms with Gasteiger partial charge in [-0.3, -0.25) is 0 Å². The molecule has 0 radical (unpaired) electrons. The van der Waals surface area contributed by atoms with Gasteiger partial charge in [-0.2, -0.15) is 4.58 Å². The molecule has 1 aliphatic heterocycles. The van der Waals surface area contributed by atoms with Gasteiger partial charge in [0.15, 0.2) is 12.1 Å². The van der Waals surface area contributed by atoms with Crippen LogP contribution in [0.4, 0.5) is 0 Å². The molecule has 1 unspecified atom stereocenters. The molecule has 0 amide bonds. The number of benzene rings is 2. The molecular formula is C23H30NO2+. The van der Waals surface area contributed by atoms with E-state index in [1.165, 1.54) is 11.1 Å². The van der Waals surface area contributed by atoms with Gasteiger partial charge >= 0.3 is 5.90 Å². The molecule has 3 nitrogen and oxygen atoms in total. The maximum Gasteiger partial charge on any atom is 0.370 e. The SMILES string of the molecule is COc1cc(C2=[N+](C)C(C)(C)CO2)c(C(C)Cc2ccccc2)cc1C. The van der Waals surface area contributed by atoms with Gasteiger partial charge in [-0.15, -0.1) is 0 Å². The van der Waals surface area contributed by atoms with Crippen molar-refractivity contribution in [2.75, 3.05) is 20.8 Å². The summed E-state index contributed by atoms with van der Waals surface area (Å²) in [5, 5.41) is 0. The molecule has 138 valence electrons. The predicted molar refractivity (Wildman–Crippen MR) is 107 cm³/mol. The van der Waals surface area contributed by atoms with E-state index in [4.69, 9.17) is 9.47 Å². The molecule has 0 saturated heterocycles. The zero-order valence-electron chi connectivity index (χ0n) is 16.8. The van der Waals surface area contributed by atoms with E-state index in [1.54, 1.807) is 7.11 Å². The summed E-state index contributed by atoms with van der Waals surface area (Å²) >= 11 is 0. The van der Waals surface area contributed by atoms with Crippen LogP contribution in [0.2, 0.25) is 0 Å². The Morgan fingerprint density at radius 3 is 2.46 bits per heavy atom. The van der Waals surface area contributed by atoms with Crippen LogP contribution in [0.25, 0.3) is 0 Å². The van der Waals surface area contributed by atoms with Gasteiger partial charge in [-0.25, -0.2) is 0 Å². The normalized spacial score (nSPS) is 17.2. The predicted octanol–water partition coefficient (Wildman–Crippen LogP) is 4.55. The Kier molecular flexibility index (Phi) is 5.08. The van der Waals surface area contributed by atoms with Crippen LogP contribution in [0, 0.1) is 6.92 Å². The first-order valence-corrected chi connectivity index (χ1v) is 9.30. The van der Waals surface area contributed by atoms with Crippen molar-refractivity contribution in [3.8, 4) is 5.75 Å². The van der Waals surface area contributed by atoms with Crippen LogP contribution in [0.15, 0.2) is 42.5 Å². The summed E-state index contributed by atoms with van der Waals surface area (Å²) < 4.78 is 14.0. The second-order valence-electron chi connectivity index (χ2n) is 7.97. The van der Waals surface area contributed by atoms with Crippen molar-refractivity contribution < 1.29 is 14.0 Å². The fourth-order valence-corrected chi connectivity index (χ4v) is 3.57. The highest BCUT2D eigenvalue weighted by Crippen LogP contribution is 2.32. The molecule has 0 saturated carbocycles. The van der Waals surface area contributed by atoms with Gasteiger partial charge in [-0.1, -0.05) is 43.3 Å². The number of aryl methyl sites for hydroxylation is 1. The van der Waals surface area contributed by atoms with Crippen molar-refractivity contribution in [1.29, 1.82) is 0 Å². The molecule has 0 aliphatic carbocycles. The van der Waals surface area contributed by atoms with E-state index in [9.17, 15) is 0 Å². The summed E-state index contributed by atoms with van der Waals surface area (Å²) in [6.07, 6.45) is 1.000. The summed E-state index contributed by atoms with van der Waals surface area (Å²) in [5.74, 6) is 2.23. The van der Waals surface area contributed by atoms with Gasteiger partial charge in [0.05, 0.1) is 12.7 Å². The van der Waals surface area contributed by atoms with Gasteiger partial charge in [0, 0.05) is 13.8 Å². The number of nitrogens with zero attached hydrogens (tertiary/aromatic N) is 1. The average Bonchev–Trinajstić information content (AvgIpc) is 2.89. The molecule has 3 heteroatoms. The van der Waals surface area contributed by atoms with Crippen molar-refractivity contribution in [3.63, 3.8) is 0 Å². The summed E-state index contributed by atoms with van der Waals surface area (Å²) in [4.78, 5) is 0. The van der Waals surface area contributed by atoms with E-state index in [-0.39, 0.29) is 5.54 Å². The minimum absolute atomic E-state index is 0.00655. The van der Waals surface area contributed by atoms with Crippen molar-refractivity contribution >= 4 is 5.90 Å². The molecule has 3 rings (SSSR count). The molecule has 0 spiro atoms. The molecule has 0 fully saturated rings. The first-order chi connectivity index (χ1) is 12.3. The van der Waals surface area contributed by atoms with Crippen LogP contribution in [0.5, 0.6) is 5.75 Å². The maximum atomic E-state index is 6.13. The fourth-order valence-electron chi connectivity index (χ4n) is 3.57. The first kappa shape index (κ1) is 18.5. The third kappa shape index (κ3) is 3.48. The van der Waals surface area contributed by atoms with E-state index in [2.05, 4.69) is 81.8 Å². The number of ether oxygens (including phenoxy) is 2. The number of hydrogen-bond acceptors (Lipinski definition) is 2. The number of hydrogen-bond donors (Lipinski definition) is 0. The Hall–Kier alpha value is -2.29. The van der Waals surface area contributed by atoms with Crippen LogP contribution in [-0.2, 0) is 11.2 Å². The average molecular weight is 352 g/mol. The largest absolute Gasteiger partial charge is 0.496 e. The minimum Gasteiger partial charge on any atom is -0.496 e. The third-order valence-electron chi connectivity index (χ3n) is 5.49. The van der Waals surface area contributed by atoms with Crippen molar-refractivity contribution in [2.45, 2.75) is 45.6 Å². The molecule has 0 bridgehead atoms. The van der Waals surface area contributed by atoms with Crippen LogP contribution < -0.4 is 4.74 Å². The summed E-state index contributed by atoms with van der Waals surface area (Å²) in [7, 11) is 3.84. The minimum atomic E-state index is -0.00655. The van der Waals surface area contributed by atoms with Crippen LogP contribution in [0.1, 0.15) is 48.9 Å². The van der Waals surface area contributed by atoms with Crippen LogP contribution in [0.3, 0.4) is 0 Å². The number of likely N-dealkylation sites (N-methyl/N-ethyl adjacent to an activating group) is 1. The summed E-state index contributed by atoms with van der Waals surface area (Å²) in [6, 6.07) is 15.1. The smallest absolute Gasteiger partial charge is 0.370 e. The molecule has 2 aromatic rings. The zero-order valence-corrected chi connectivity index (χ0v) is 16.8. The molecule has 1 atom stereocenters. The van der Waals surface area contributed by atoms with Crippen LogP contribution in [-0.4, -0.2) is 36.8 Å². The number of methoxy groups -OCH3 is 1. The van der Waals surface area contributed by atoms with Gasteiger partial charge in [-0.05, 0) is 42.0 Å². The highest BCUT2D eigenvalue weighted by Gasteiger charge is 2.41. The maximum absolute atomic E-state index is 6.13. The molecule has 1 aliphatic rings. The highest BCUT2D eigenvalue weighted by molar-refractivity contribution is 5.93. The molecule has 0 aromatic heterocycles. The molecule has 26 heavy (non-hydrogen) atoms. The standard InChI is InChI=1S/C23H30NO2/c1-16(12-18-10-8-7-9-11-18)19-13-17(2)21(25-6)14-20(19)22-24(5)23(3,4)15-26-22/h7-11,13-14,16H,12,15H2,1-6H3/q+1. The zero-order chi connectivity index (χ0) is 18.9. The lowest BCUT2D eigenvalue weighted by Crippen LogP contribution is -2.33. The van der Waals surface area contributed by atoms with E-state index in [0.717, 1.165) is 29.2 Å². The lowest BCUT2D eigenvalue weighted by atomic mass is 9.88. The fraction of sp³-hybridized carbons (Fsp3) is 0.435. The van der Waals surface area contributed by atoms with Crippen molar-refractivity contribution in [1.82, 2.24) is 0 Å². The van der Waals surface area contributed by atoms with Crippen LogP contribution >= 0.6 is 0 Å². The second kappa shape index (κ2) is 7.14. The summed E-state index contributed by atoms with van der Waals surface area (Å²) in [5.41, 5.74) is 4.96. The van der Waals surface area contributed by atoms with Crippen molar-refractivity contribution in [3.05, 3.63) is 64.7 Å². The van der Waals surface area contributed by atoms with E-state index in [1.807, 2.05) is 0 Å². The Balaban J connectivity index is 2.07. The Labute approximate surface area is 157 Å². The quantitative estimate of drug-likeness (QED) is 0.737. The molecule has 0 N–H and O–H groups in total. The van der Waals surface area contributed by atoms with Gasteiger partial charge in [0.1, 0.15) is 12.8 Å². The Morgan fingerprint density at radius 2 is 1.88 bits per heavy atom. The lowest BCUT2D eigenvalue weighted by molar-refractivity contribution is -0.562. The summed E-state index contributed by atoms with van der Waals surface area (Å²) in [6.45, 7) is 9.51. The topological polar surface area (TPSA) is 21.5 Å². The lowest BCUT2D eigenvalue weighted by Gasteiger charge is -2.18. The molecular weight excluding hydrogens is 322 g/mol. The van der Waals surface area contributed by atoms with Gasteiger partial charge < -0.3 is 9.47 Å². The van der Waals surface area contributed by atoms with E-state index < -0.39 is 0 Å². The van der Waals surface area contributed by atoms with E-state index >= 15 is 0 Å². The second-order valence-corrected chi connectivity index (χ2v) is 7.97. The van der Waals surface area contributed by atoms with Crippen molar-refractivity contribution in [2.24, 2.45) is 0 Å². The van der Waals surface area contributed by atoms with E-state index in [0.29, 0.717) is 12.5 Å². The Morgan fingerprint density at radius 1 is 1.19 bits per heavy atom. The monoisotopic (exact) mass is 352 g/mol. The highest BCUT2D eigenvalue weighted by atomic mass is 16.5. The molecule has 1 heterocycles. The first-order valence-electron chi connectivity index (χ1n) is 9.30. The Bertz CT molecular complexity index is 822. The van der Waals surface area contributed by atoms with Gasteiger partial charge in [0.25, 0.3) is 0 Å². The van der Waals surface area contributed by atoms with Gasteiger partial charge in [0.2, 0.25) is 0 Å². The molecule has 2 aromatic carbocycles. The number of rotatable bonds is 5.